The highest BCUT2D eigenvalue weighted by Crippen LogP contribution is 2.34. The lowest BCUT2D eigenvalue weighted by molar-refractivity contribution is -0.643. The molecule has 0 radical (unpaired) electrons. The van der Waals surface area contributed by atoms with Gasteiger partial charge in [0.05, 0.1) is 5.56 Å². The standard InChI is InChI=1S/C13H8N5S/c1-3-15-13-16-10-12(17(13)5-1)19-11-9-6-14-4-2-8(9)7-18(10)11/h1-6H,7H2/q+1. The fourth-order valence-corrected chi connectivity index (χ4v) is 3.87. The molecule has 0 aromatic carbocycles. The van der Waals surface area contributed by atoms with Gasteiger partial charge < -0.3 is 0 Å². The summed E-state index contributed by atoms with van der Waals surface area (Å²) < 4.78 is 4.29. The van der Waals surface area contributed by atoms with E-state index >= 15 is 0 Å². The second-order valence-corrected chi connectivity index (χ2v) is 5.53. The number of hydrogen-bond donors (Lipinski definition) is 0. The normalized spacial score (nSPS) is 13.1. The Hall–Kier alpha value is -2.34. The molecule has 0 saturated carbocycles. The number of rotatable bonds is 0. The van der Waals surface area contributed by atoms with Crippen LogP contribution in [0.2, 0.25) is 0 Å². The summed E-state index contributed by atoms with van der Waals surface area (Å²) in [5.41, 5.74) is 3.55. The molecule has 1 aliphatic heterocycles. The summed E-state index contributed by atoms with van der Waals surface area (Å²) in [5, 5.41) is 1.24. The van der Waals surface area contributed by atoms with Crippen molar-refractivity contribution in [2.45, 2.75) is 6.54 Å². The van der Waals surface area contributed by atoms with E-state index in [9.17, 15) is 0 Å². The van der Waals surface area contributed by atoms with E-state index in [2.05, 4.69) is 25.6 Å². The van der Waals surface area contributed by atoms with Gasteiger partial charge >= 0.3 is 11.4 Å². The smallest absolute Gasteiger partial charge is 0.264 e. The van der Waals surface area contributed by atoms with Gasteiger partial charge in [-0.15, -0.1) is 0 Å². The average Bonchev–Trinajstić information content (AvgIpc) is 3.07. The number of hydrogen-bond acceptors (Lipinski definition) is 4. The quantitative estimate of drug-likeness (QED) is 0.400. The molecule has 0 bridgehead atoms. The number of imidazole rings is 1. The summed E-state index contributed by atoms with van der Waals surface area (Å²) in [6, 6.07) is 4.01. The summed E-state index contributed by atoms with van der Waals surface area (Å²) in [6.07, 6.45) is 7.57. The first kappa shape index (κ1) is 9.57. The van der Waals surface area contributed by atoms with Gasteiger partial charge in [-0.2, -0.15) is 4.98 Å². The Morgan fingerprint density at radius 3 is 3.32 bits per heavy atom. The van der Waals surface area contributed by atoms with E-state index in [1.165, 1.54) is 16.1 Å². The van der Waals surface area contributed by atoms with E-state index in [1.54, 1.807) is 17.5 Å². The van der Waals surface area contributed by atoms with Crippen LogP contribution in [0, 0.1) is 0 Å². The molecule has 0 N–H and O–H groups in total. The Morgan fingerprint density at radius 2 is 2.32 bits per heavy atom. The molecule has 19 heavy (non-hydrogen) atoms. The molecule has 5 nitrogen and oxygen atoms in total. The maximum Gasteiger partial charge on any atom is 0.364 e. The molecule has 90 valence electrons. The highest BCUT2D eigenvalue weighted by Gasteiger charge is 2.32. The van der Waals surface area contributed by atoms with Crippen molar-refractivity contribution in [3.63, 3.8) is 0 Å². The summed E-state index contributed by atoms with van der Waals surface area (Å²) in [5.74, 6) is 0.758. The fraction of sp³-hybridized carbons (Fsp3) is 0.0769. The van der Waals surface area contributed by atoms with Crippen LogP contribution in [0.4, 0.5) is 0 Å². The van der Waals surface area contributed by atoms with Crippen LogP contribution in [-0.4, -0.2) is 19.4 Å². The second kappa shape index (κ2) is 3.16. The summed E-state index contributed by atoms with van der Waals surface area (Å²) >= 11 is 1.75. The van der Waals surface area contributed by atoms with Gasteiger partial charge in [-0.05, 0) is 12.1 Å². The van der Waals surface area contributed by atoms with Gasteiger partial charge in [0.15, 0.2) is 5.01 Å². The Morgan fingerprint density at radius 1 is 1.32 bits per heavy atom. The zero-order chi connectivity index (χ0) is 12.4. The van der Waals surface area contributed by atoms with Crippen LogP contribution in [0.5, 0.6) is 0 Å². The van der Waals surface area contributed by atoms with Gasteiger partial charge in [0, 0.05) is 35.3 Å². The zero-order valence-electron chi connectivity index (χ0n) is 9.82. The minimum Gasteiger partial charge on any atom is -0.264 e. The molecular weight excluding hydrogens is 258 g/mol. The molecule has 5 heterocycles. The van der Waals surface area contributed by atoms with E-state index in [4.69, 9.17) is 0 Å². The van der Waals surface area contributed by atoms with Crippen LogP contribution in [0.3, 0.4) is 0 Å². The Kier molecular flexibility index (Phi) is 1.59. The third-order valence-electron chi connectivity index (χ3n) is 3.51. The molecule has 1 aliphatic rings. The van der Waals surface area contributed by atoms with Crippen molar-refractivity contribution >= 4 is 27.6 Å². The summed E-state index contributed by atoms with van der Waals surface area (Å²) in [4.78, 5) is 14.3. The van der Waals surface area contributed by atoms with E-state index < -0.39 is 0 Å². The minimum absolute atomic E-state index is 0.758. The molecule has 0 aliphatic carbocycles. The first-order chi connectivity index (χ1) is 9.42. The van der Waals surface area contributed by atoms with Gasteiger partial charge in [-0.25, -0.2) is 8.97 Å². The molecule has 0 saturated heterocycles. The lowest BCUT2D eigenvalue weighted by atomic mass is 10.2. The van der Waals surface area contributed by atoms with Crippen molar-refractivity contribution in [2.24, 2.45) is 0 Å². The number of fused-ring (bicyclic) bond motifs is 7. The molecule has 4 aromatic rings. The van der Waals surface area contributed by atoms with Crippen LogP contribution in [-0.2, 0) is 6.54 Å². The third-order valence-corrected chi connectivity index (χ3v) is 4.71. The molecule has 0 amide bonds. The number of aromatic nitrogens is 5. The maximum absolute atomic E-state index is 4.63. The first-order valence-corrected chi connectivity index (χ1v) is 6.82. The van der Waals surface area contributed by atoms with Crippen LogP contribution in [0.15, 0.2) is 36.9 Å². The topological polar surface area (TPSA) is 47.0 Å². The largest absolute Gasteiger partial charge is 0.364 e. The van der Waals surface area contributed by atoms with Gasteiger partial charge in [0.1, 0.15) is 6.54 Å². The van der Waals surface area contributed by atoms with Crippen LogP contribution >= 0.6 is 11.3 Å². The molecule has 4 aromatic heterocycles. The SMILES string of the molecule is c1cnc2nc3c(sc4[n+]3Cc3ccncc3-4)n2c1. The Balaban J connectivity index is 1.93. The van der Waals surface area contributed by atoms with Crippen molar-refractivity contribution in [1.29, 1.82) is 0 Å². The minimum atomic E-state index is 0.758. The van der Waals surface area contributed by atoms with E-state index in [0.717, 1.165) is 22.8 Å². The molecule has 6 heteroatoms. The highest BCUT2D eigenvalue weighted by molar-refractivity contribution is 7.20. The van der Waals surface area contributed by atoms with Crippen LogP contribution in [0.1, 0.15) is 5.56 Å². The van der Waals surface area contributed by atoms with Crippen LogP contribution in [0.25, 0.3) is 26.8 Å². The lowest BCUT2D eigenvalue weighted by Gasteiger charge is -1.91. The maximum atomic E-state index is 4.63. The average molecular weight is 266 g/mol. The second-order valence-electron chi connectivity index (χ2n) is 4.56. The van der Waals surface area contributed by atoms with Gasteiger partial charge in [-0.1, -0.05) is 11.3 Å². The molecule has 0 atom stereocenters. The zero-order valence-corrected chi connectivity index (χ0v) is 10.6. The number of thiazole rings is 1. The predicted molar refractivity (Wildman–Crippen MR) is 70.9 cm³/mol. The van der Waals surface area contributed by atoms with Gasteiger partial charge in [-0.3, -0.25) is 4.98 Å². The predicted octanol–water partition coefficient (Wildman–Crippen LogP) is 1.66. The Bertz CT molecular complexity index is 952. The summed E-state index contributed by atoms with van der Waals surface area (Å²) in [7, 11) is 0. The number of nitrogens with zero attached hydrogens (tertiary/aromatic N) is 5. The first-order valence-electron chi connectivity index (χ1n) is 6.00. The fourth-order valence-electron chi connectivity index (χ4n) is 2.64. The van der Waals surface area contributed by atoms with Gasteiger partial charge in [0.25, 0.3) is 0 Å². The van der Waals surface area contributed by atoms with Crippen molar-refractivity contribution in [2.75, 3.05) is 0 Å². The van der Waals surface area contributed by atoms with Crippen molar-refractivity contribution in [1.82, 2.24) is 19.4 Å². The molecule has 0 fully saturated rings. The van der Waals surface area contributed by atoms with E-state index in [0.29, 0.717) is 0 Å². The van der Waals surface area contributed by atoms with Crippen molar-refractivity contribution in [3.05, 3.63) is 42.5 Å². The van der Waals surface area contributed by atoms with E-state index in [-0.39, 0.29) is 0 Å². The summed E-state index contributed by atoms with van der Waals surface area (Å²) in [6.45, 7) is 0.872. The molecule has 0 spiro atoms. The number of pyridine rings is 1. The van der Waals surface area contributed by atoms with Crippen molar-refractivity contribution in [3.8, 4) is 10.6 Å². The third kappa shape index (κ3) is 1.09. The van der Waals surface area contributed by atoms with Gasteiger partial charge in [0.2, 0.25) is 4.83 Å². The highest BCUT2D eigenvalue weighted by atomic mass is 32.1. The molecule has 0 unspecified atom stereocenters. The molecular formula is C13H8N5S+. The van der Waals surface area contributed by atoms with Crippen LogP contribution < -0.4 is 4.57 Å². The monoisotopic (exact) mass is 266 g/mol. The van der Waals surface area contributed by atoms with Crippen molar-refractivity contribution < 1.29 is 4.57 Å². The van der Waals surface area contributed by atoms with E-state index in [1.807, 2.05) is 29.1 Å². The Labute approximate surface area is 111 Å². The lowest BCUT2D eigenvalue weighted by Crippen LogP contribution is -2.30. The molecule has 5 rings (SSSR count).